The third-order valence-electron chi connectivity index (χ3n) is 3.63. The number of nitrogens with one attached hydrogen (secondary N) is 2. The van der Waals surface area contributed by atoms with Gasteiger partial charge in [-0.15, -0.1) is 11.3 Å². The summed E-state index contributed by atoms with van der Waals surface area (Å²) in [5.74, 6) is 0.486. The van der Waals surface area contributed by atoms with E-state index < -0.39 is 0 Å². The molecule has 0 fully saturated rings. The minimum atomic E-state index is -0.237. The van der Waals surface area contributed by atoms with E-state index in [0.29, 0.717) is 19.6 Å². The van der Waals surface area contributed by atoms with Crippen LogP contribution in [0, 0.1) is 5.82 Å². The van der Waals surface area contributed by atoms with E-state index in [2.05, 4.69) is 15.6 Å². The molecule has 5 nitrogen and oxygen atoms in total. The van der Waals surface area contributed by atoms with Crippen LogP contribution in [0.5, 0.6) is 0 Å². The molecule has 2 N–H and O–H groups in total. The molecular weight excluding hydrogens is 351 g/mol. The highest BCUT2D eigenvalue weighted by Crippen LogP contribution is 2.08. The lowest BCUT2D eigenvalue weighted by Gasteiger charge is -2.22. The van der Waals surface area contributed by atoms with E-state index in [1.807, 2.05) is 42.5 Å². The molecule has 0 aliphatic rings. The first-order valence-corrected chi connectivity index (χ1v) is 9.53. The number of halogens is 1. The summed E-state index contributed by atoms with van der Waals surface area (Å²) in [6.45, 7) is 4.50. The number of guanidine groups is 1. The van der Waals surface area contributed by atoms with E-state index in [4.69, 9.17) is 0 Å². The maximum atomic E-state index is 13.3. The summed E-state index contributed by atoms with van der Waals surface area (Å²) in [4.78, 5) is 19.1. The van der Waals surface area contributed by atoms with Crippen molar-refractivity contribution in [2.45, 2.75) is 19.9 Å². The number of carbonyl (C=O) groups is 1. The fraction of sp³-hybridized carbons (Fsp3) is 0.368. The van der Waals surface area contributed by atoms with Crippen molar-refractivity contribution in [2.75, 3.05) is 26.7 Å². The number of amides is 1. The van der Waals surface area contributed by atoms with E-state index >= 15 is 0 Å². The van der Waals surface area contributed by atoms with Crippen LogP contribution in [0.2, 0.25) is 0 Å². The van der Waals surface area contributed by atoms with Crippen molar-refractivity contribution in [1.82, 2.24) is 15.5 Å². The summed E-state index contributed by atoms with van der Waals surface area (Å²) >= 11 is 1.43. The van der Waals surface area contributed by atoms with Gasteiger partial charge in [0.05, 0.1) is 4.88 Å². The highest BCUT2D eigenvalue weighted by Gasteiger charge is 2.07. The summed E-state index contributed by atoms with van der Waals surface area (Å²) < 4.78 is 13.3. The second kappa shape index (κ2) is 10.6. The number of nitrogens with zero attached hydrogens (tertiary/aromatic N) is 2. The first-order chi connectivity index (χ1) is 12.6. The number of rotatable bonds is 8. The van der Waals surface area contributed by atoms with Crippen molar-refractivity contribution in [1.29, 1.82) is 0 Å². The minimum Gasteiger partial charge on any atom is -0.357 e. The fourth-order valence-electron chi connectivity index (χ4n) is 2.41. The summed E-state index contributed by atoms with van der Waals surface area (Å²) in [5, 5.41) is 8.01. The topological polar surface area (TPSA) is 56.7 Å². The van der Waals surface area contributed by atoms with Crippen LogP contribution >= 0.6 is 11.3 Å². The zero-order valence-electron chi connectivity index (χ0n) is 15.2. The highest BCUT2D eigenvalue weighted by molar-refractivity contribution is 7.12. The Morgan fingerprint density at radius 3 is 2.81 bits per heavy atom. The molecule has 0 spiro atoms. The van der Waals surface area contributed by atoms with Crippen molar-refractivity contribution in [3.63, 3.8) is 0 Å². The molecule has 0 radical (unpaired) electrons. The van der Waals surface area contributed by atoms with Gasteiger partial charge in [-0.3, -0.25) is 9.79 Å². The maximum absolute atomic E-state index is 13.3. The molecule has 0 saturated carbocycles. The van der Waals surface area contributed by atoms with Crippen molar-refractivity contribution in [3.05, 3.63) is 58.0 Å². The number of carbonyl (C=O) groups excluding carboxylic acids is 1. The van der Waals surface area contributed by atoms with Gasteiger partial charge in [-0.1, -0.05) is 18.2 Å². The molecule has 0 aliphatic carbocycles. The molecular formula is C19H25FN4OS. The lowest BCUT2D eigenvalue weighted by molar-refractivity contribution is 0.0957. The van der Waals surface area contributed by atoms with Crippen LogP contribution in [0.15, 0.2) is 46.8 Å². The van der Waals surface area contributed by atoms with Crippen molar-refractivity contribution >= 4 is 23.2 Å². The molecule has 26 heavy (non-hydrogen) atoms. The fourth-order valence-corrected chi connectivity index (χ4v) is 3.05. The average molecular weight is 377 g/mol. The van der Waals surface area contributed by atoms with Crippen LogP contribution < -0.4 is 10.6 Å². The molecule has 0 atom stereocenters. The van der Waals surface area contributed by atoms with Gasteiger partial charge < -0.3 is 15.5 Å². The van der Waals surface area contributed by atoms with E-state index in [0.717, 1.165) is 29.4 Å². The van der Waals surface area contributed by atoms with Gasteiger partial charge in [0.15, 0.2) is 5.96 Å². The molecule has 1 aromatic heterocycles. The Bertz CT molecular complexity index is 718. The summed E-state index contributed by atoms with van der Waals surface area (Å²) in [7, 11) is 1.92. The van der Waals surface area contributed by atoms with Crippen LogP contribution in [0.3, 0.4) is 0 Å². The SMILES string of the molecule is CCNC(=NCCCNC(=O)c1cccs1)N(C)Cc1cccc(F)c1. The number of aliphatic imine (C=N–C) groups is 1. The Labute approximate surface area is 157 Å². The monoisotopic (exact) mass is 376 g/mol. The average Bonchev–Trinajstić information content (AvgIpc) is 3.15. The third kappa shape index (κ3) is 6.48. The number of thiophene rings is 1. The Morgan fingerprint density at radius 1 is 1.27 bits per heavy atom. The lowest BCUT2D eigenvalue weighted by atomic mass is 10.2. The van der Waals surface area contributed by atoms with Crippen molar-refractivity contribution in [2.24, 2.45) is 4.99 Å². The predicted molar refractivity (Wildman–Crippen MR) is 105 cm³/mol. The van der Waals surface area contributed by atoms with Crippen molar-refractivity contribution in [3.8, 4) is 0 Å². The molecule has 140 valence electrons. The Morgan fingerprint density at radius 2 is 2.12 bits per heavy atom. The second-order valence-corrected chi connectivity index (χ2v) is 6.76. The number of hydrogen-bond acceptors (Lipinski definition) is 3. The van der Waals surface area contributed by atoms with Gasteiger partial charge in [0.25, 0.3) is 5.91 Å². The molecule has 1 heterocycles. The zero-order valence-corrected chi connectivity index (χ0v) is 16.0. The first kappa shape index (κ1) is 19.9. The highest BCUT2D eigenvalue weighted by atomic mass is 32.1. The largest absolute Gasteiger partial charge is 0.357 e. The van der Waals surface area contributed by atoms with Gasteiger partial charge in [-0.25, -0.2) is 4.39 Å². The summed E-state index contributed by atoms with van der Waals surface area (Å²) in [6.07, 6.45) is 0.750. The van der Waals surface area contributed by atoms with E-state index in [-0.39, 0.29) is 11.7 Å². The molecule has 0 bridgehead atoms. The Kier molecular flexibility index (Phi) is 8.08. The van der Waals surface area contributed by atoms with E-state index in [9.17, 15) is 9.18 Å². The third-order valence-corrected chi connectivity index (χ3v) is 4.50. The molecule has 2 rings (SSSR count). The van der Waals surface area contributed by atoms with Crippen molar-refractivity contribution < 1.29 is 9.18 Å². The Hall–Kier alpha value is -2.41. The number of hydrogen-bond donors (Lipinski definition) is 2. The molecule has 0 unspecified atom stereocenters. The van der Waals surface area contributed by atoms with Gasteiger partial charge in [0.2, 0.25) is 0 Å². The van der Waals surface area contributed by atoms with Crippen LogP contribution in [0.25, 0.3) is 0 Å². The summed E-state index contributed by atoms with van der Waals surface area (Å²) in [6, 6.07) is 10.2. The van der Waals surface area contributed by atoms with Gasteiger partial charge in [-0.05, 0) is 42.5 Å². The Balaban J connectivity index is 1.80. The molecule has 0 saturated heterocycles. The normalized spacial score (nSPS) is 11.3. The zero-order chi connectivity index (χ0) is 18.8. The van der Waals surface area contributed by atoms with Gasteiger partial charge in [-0.2, -0.15) is 0 Å². The lowest BCUT2D eigenvalue weighted by Crippen LogP contribution is -2.38. The van der Waals surface area contributed by atoms with Gasteiger partial charge in [0, 0.05) is 33.2 Å². The van der Waals surface area contributed by atoms with Crippen LogP contribution in [-0.4, -0.2) is 43.4 Å². The molecule has 7 heteroatoms. The molecule has 2 aromatic rings. The first-order valence-electron chi connectivity index (χ1n) is 8.65. The second-order valence-electron chi connectivity index (χ2n) is 5.81. The smallest absolute Gasteiger partial charge is 0.261 e. The molecule has 0 aliphatic heterocycles. The van der Waals surface area contributed by atoms with Crippen LogP contribution in [-0.2, 0) is 6.54 Å². The van der Waals surface area contributed by atoms with E-state index in [1.165, 1.54) is 23.5 Å². The quantitative estimate of drug-likeness (QED) is 0.423. The predicted octanol–water partition coefficient (Wildman–Crippen LogP) is 3.10. The minimum absolute atomic E-state index is 0.0425. The summed E-state index contributed by atoms with van der Waals surface area (Å²) in [5.41, 5.74) is 0.890. The standard InChI is InChI=1S/C19H25FN4OS/c1-3-21-19(24(2)14-15-7-4-8-16(20)13-15)23-11-6-10-22-18(25)17-9-5-12-26-17/h4-5,7-9,12-13H,3,6,10-11,14H2,1-2H3,(H,21,23)(H,22,25). The van der Waals surface area contributed by atoms with Gasteiger partial charge in [0.1, 0.15) is 5.82 Å². The molecule has 1 aromatic carbocycles. The van der Waals surface area contributed by atoms with E-state index in [1.54, 1.807) is 6.07 Å². The van der Waals surface area contributed by atoms with Crippen LogP contribution in [0.4, 0.5) is 4.39 Å². The maximum Gasteiger partial charge on any atom is 0.261 e. The number of benzene rings is 1. The van der Waals surface area contributed by atoms with Crippen LogP contribution in [0.1, 0.15) is 28.6 Å². The molecule has 1 amide bonds. The van der Waals surface area contributed by atoms with Gasteiger partial charge >= 0.3 is 0 Å².